The van der Waals surface area contributed by atoms with Crippen molar-refractivity contribution in [2.75, 3.05) is 11.9 Å². The topological polar surface area (TPSA) is 53.1 Å². The zero-order valence-corrected chi connectivity index (χ0v) is 12.7. The molecule has 0 saturated heterocycles. The highest BCUT2D eigenvalue weighted by molar-refractivity contribution is 7.17. The first-order chi connectivity index (χ1) is 10.2. The smallest absolute Gasteiger partial charge is 0.124 e. The summed E-state index contributed by atoms with van der Waals surface area (Å²) in [6, 6.07) is 16.2. The zero-order chi connectivity index (χ0) is 14.8. The van der Waals surface area contributed by atoms with Gasteiger partial charge in [0.25, 0.3) is 0 Å². The lowest BCUT2D eigenvalue weighted by Crippen LogP contribution is -2.21. The van der Waals surface area contributed by atoms with E-state index in [9.17, 15) is 0 Å². The number of nitrogen functional groups attached to an aromatic ring is 1. The molecule has 3 rings (SSSR count). The molecular formula is C17H17N3S. The number of amidine groups is 1. The number of para-hydroxylation sites is 1. The molecule has 0 amide bonds. The Hall–Kier alpha value is -2.33. The van der Waals surface area contributed by atoms with Gasteiger partial charge in [-0.15, -0.1) is 11.3 Å². The lowest BCUT2D eigenvalue weighted by atomic mass is 10.1. The normalized spacial score (nSPS) is 10.7. The fourth-order valence-corrected chi connectivity index (χ4v) is 3.48. The van der Waals surface area contributed by atoms with Crippen LogP contribution in [0.5, 0.6) is 0 Å². The monoisotopic (exact) mass is 295 g/mol. The third-order valence-corrected chi connectivity index (χ3v) is 4.59. The highest BCUT2D eigenvalue weighted by Gasteiger charge is 2.11. The Morgan fingerprint density at radius 2 is 1.86 bits per heavy atom. The minimum Gasteiger partial charge on any atom is -0.384 e. The Morgan fingerprint density at radius 3 is 2.67 bits per heavy atom. The molecule has 1 aromatic heterocycles. The highest BCUT2D eigenvalue weighted by Crippen LogP contribution is 2.28. The van der Waals surface area contributed by atoms with Gasteiger partial charge in [-0.2, -0.15) is 0 Å². The maximum absolute atomic E-state index is 7.70. The molecule has 3 N–H and O–H groups in total. The minimum atomic E-state index is 0.104. The van der Waals surface area contributed by atoms with Crippen LogP contribution in [-0.2, 0) is 6.54 Å². The van der Waals surface area contributed by atoms with Crippen LogP contribution in [0.15, 0.2) is 53.9 Å². The van der Waals surface area contributed by atoms with Gasteiger partial charge < -0.3 is 10.6 Å². The van der Waals surface area contributed by atoms with Crippen molar-refractivity contribution >= 4 is 32.9 Å². The van der Waals surface area contributed by atoms with E-state index < -0.39 is 0 Å². The fourth-order valence-electron chi connectivity index (χ4n) is 2.53. The molecule has 0 spiro atoms. The zero-order valence-electron chi connectivity index (χ0n) is 11.8. The van der Waals surface area contributed by atoms with Gasteiger partial charge in [-0.25, -0.2) is 0 Å². The summed E-state index contributed by atoms with van der Waals surface area (Å²) in [4.78, 5) is 2.14. The number of nitrogens with two attached hydrogens (primary N) is 1. The van der Waals surface area contributed by atoms with Crippen LogP contribution in [0.1, 0.15) is 11.1 Å². The molecule has 0 atom stereocenters. The summed E-state index contributed by atoms with van der Waals surface area (Å²) in [5, 5.41) is 11.2. The quantitative estimate of drug-likeness (QED) is 0.568. The van der Waals surface area contributed by atoms with Crippen LogP contribution < -0.4 is 10.6 Å². The van der Waals surface area contributed by atoms with Gasteiger partial charge in [0.05, 0.1) is 0 Å². The van der Waals surface area contributed by atoms with Crippen molar-refractivity contribution in [3.63, 3.8) is 0 Å². The molecule has 0 aliphatic carbocycles. The fraction of sp³-hybridized carbons (Fsp3) is 0.118. The molecule has 0 radical (unpaired) electrons. The number of thiophene rings is 1. The first-order valence-corrected chi connectivity index (χ1v) is 7.64. The third kappa shape index (κ3) is 2.62. The van der Waals surface area contributed by atoms with Crippen LogP contribution >= 0.6 is 11.3 Å². The maximum atomic E-state index is 7.70. The van der Waals surface area contributed by atoms with Gasteiger partial charge in [-0.3, -0.25) is 5.41 Å². The second-order valence-corrected chi connectivity index (χ2v) is 5.96. The van der Waals surface area contributed by atoms with Crippen LogP contribution in [0.25, 0.3) is 10.1 Å². The number of hydrogen-bond donors (Lipinski definition) is 2. The lowest BCUT2D eigenvalue weighted by molar-refractivity contribution is 0.932. The largest absolute Gasteiger partial charge is 0.384 e. The van der Waals surface area contributed by atoms with Crippen LogP contribution in [0.2, 0.25) is 0 Å². The Morgan fingerprint density at radius 1 is 1.14 bits per heavy atom. The van der Waals surface area contributed by atoms with Gasteiger partial charge in [-0.05, 0) is 34.5 Å². The van der Waals surface area contributed by atoms with Crippen molar-refractivity contribution < 1.29 is 0 Å². The number of fused-ring (bicyclic) bond motifs is 1. The molecule has 0 saturated carbocycles. The molecule has 3 nitrogen and oxygen atoms in total. The molecule has 0 bridgehead atoms. The highest BCUT2D eigenvalue weighted by atomic mass is 32.1. The average Bonchev–Trinajstić information content (AvgIpc) is 2.90. The standard InChI is InChI=1S/C17H17N3S/c1-20(15-8-4-2-7-14(15)17(18)19)10-12-11-21-16-9-5-3-6-13(12)16/h2-9,11H,10H2,1H3,(H3,18,19). The van der Waals surface area contributed by atoms with Crippen LogP contribution in [0.3, 0.4) is 0 Å². The van der Waals surface area contributed by atoms with Crippen LogP contribution in [-0.4, -0.2) is 12.9 Å². The van der Waals surface area contributed by atoms with Crippen LogP contribution in [0.4, 0.5) is 5.69 Å². The van der Waals surface area contributed by atoms with Crippen LogP contribution in [0, 0.1) is 5.41 Å². The first kappa shape index (κ1) is 13.6. The molecule has 0 aliphatic heterocycles. The molecule has 1 heterocycles. The molecule has 0 unspecified atom stereocenters. The van der Waals surface area contributed by atoms with E-state index in [4.69, 9.17) is 11.1 Å². The predicted molar refractivity (Wildman–Crippen MR) is 91.4 cm³/mol. The summed E-state index contributed by atoms with van der Waals surface area (Å²) < 4.78 is 1.31. The van der Waals surface area contributed by atoms with E-state index in [0.717, 1.165) is 17.8 Å². The Labute approximate surface area is 128 Å². The van der Waals surface area contributed by atoms with E-state index in [2.05, 4.69) is 34.5 Å². The van der Waals surface area contributed by atoms with Crippen molar-refractivity contribution in [2.24, 2.45) is 5.73 Å². The van der Waals surface area contributed by atoms with E-state index in [1.165, 1.54) is 15.6 Å². The SMILES string of the molecule is CN(Cc1csc2ccccc12)c1ccccc1C(=N)N. The van der Waals surface area contributed by atoms with E-state index in [1.807, 2.05) is 31.3 Å². The molecule has 106 valence electrons. The molecule has 2 aromatic carbocycles. The second-order valence-electron chi connectivity index (χ2n) is 5.04. The number of rotatable bonds is 4. The summed E-state index contributed by atoms with van der Waals surface area (Å²) in [5.41, 5.74) is 8.74. The van der Waals surface area contributed by atoms with Gasteiger partial charge in [0.1, 0.15) is 5.84 Å². The Kier molecular flexibility index (Phi) is 3.62. The molecule has 0 aliphatic rings. The van der Waals surface area contributed by atoms with E-state index in [-0.39, 0.29) is 5.84 Å². The minimum absolute atomic E-state index is 0.104. The predicted octanol–water partition coefficient (Wildman–Crippen LogP) is 3.82. The molecule has 4 heteroatoms. The number of hydrogen-bond acceptors (Lipinski definition) is 3. The van der Waals surface area contributed by atoms with Gasteiger partial charge >= 0.3 is 0 Å². The summed E-state index contributed by atoms with van der Waals surface area (Å²) in [6.07, 6.45) is 0. The van der Waals surface area contributed by atoms with Gasteiger partial charge in [0, 0.05) is 29.5 Å². The van der Waals surface area contributed by atoms with E-state index >= 15 is 0 Å². The van der Waals surface area contributed by atoms with Gasteiger partial charge in [-0.1, -0.05) is 30.3 Å². The average molecular weight is 295 g/mol. The number of anilines is 1. The summed E-state index contributed by atoms with van der Waals surface area (Å²) in [5.74, 6) is 0.104. The van der Waals surface area contributed by atoms with Gasteiger partial charge in [0.15, 0.2) is 0 Å². The summed E-state index contributed by atoms with van der Waals surface area (Å²) in [7, 11) is 2.04. The first-order valence-electron chi connectivity index (χ1n) is 6.76. The molecule has 21 heavy (non-hydrogen) atoms. The molecular weight excluding hydrogens is 278 g/mol. The van der Waals surface area contributed by atoms with Crippen molar-refractivity contribution in [3.05, 3.63) is 65.0 Å². The number of benzene rings is 2. The summed E-state index contributed by atoms with van der Waals surface area (Å²) in [6.45, 7) is 0.800. The van der Waals surface area contributed by atoms with Crippen molar-refractivity contribution in [2.45, 2.75) is 6.54 Å². The van der Waals surface area contributed by atoms with E-state index in [1.54, 1.807) is 11.3 Å². The van der Waals surface area contributed by atoms with Crippen molar-refractivity contribution in [3.8, 4) is 0 Å². The number of nitrogens with one attached hydrogen (secondary N) is 1. The van der Waals surface area contributed by atoms with Crippen molar-refractivity contribution in [1.82, 2.24) is 0 Å². The second kappa shape index (κ2) is 5.58. The Balaban J connectivity index is 1.93. The van der Waals surface area contributed by atoms with Gasteiger partial charge in [0.2, 0.25) is 0 Å². The van der Waals surface area contributed by atoms with E-state index in [0.29, 0.717) is 0 Å². The molecule has 3 aromatic rings. The third-order valence-electron chi connectivity index (χ3n) is 3.57. The Bertz CT molecular complexity index is 791. The summed E-state index contributed by atoms with van der Waals surface area (Å²) >= 11 is 1.77. The van der Waals surface area contributed by atoms with Crippen molar-refractivity contribution in [1.29, 1.82) is 5.41 Å². The maximum Gasteiger partial charge on any atom is 0.124 e. The lowest BCUT2D eigenvalue weighted by Gasteiger charge is -2.22. The molecule has 0 fully saturated rings. The number of nitrogens with zero attached hydrogens (tertiary/aromatic N) is 1.